The average molecular weight is 310 g/mol. The largest absolute Gasteiger partial charge is 0.481 e. The minimum atomic E-state index is -0.823. The van der Waals surface area contributed by atoms with Gasteiger partial charge >= 0.3 is 12.0 Å². The first kappa shape index (κ1) is 15.3. The molecule has 0 radical (unpaired) electrons. The van der Waals surface area contributed by atoms with Gasteiger partial charge in [-0.1, -0.05) is 28.8 Å². The Morgan fingerprint density at radius 2 is 2.00 bits per heavy atom. The van der Waals surface area contributed by atoms with E-state index in [1.54, 1.807) is 0 Å². The molecule has 0 aliphatic heterocycles. The van der Waals surface area contributed by atoms with Gasteiger partial charge in [0.2, 0.25) is 5.89 Å². The van der Waals surface area contributed by atoms with Crippen molar-refractivity contribution in [2.24, 2.45) is 0 Å². The first-order valence-corrected chi connectivity index (χ1v) is 7.04. The number of aromatic nitrogens is 2. The van der Waals surface area contributed by atoms with Gasteiger partial charge in [-0.2, -0.15) is 0 Å². The Morgan fingerprint density at radius 1 is 1.24 bits per heavy atom. The second-order valence-corrected chi connectivity index (χ2v) is 4.99. The number of aliphatic carboxylic acids is 1. The summed E-state index contributed by atoms with van der Waals surface area (Å²) < 4.78 is 5.38. The zero-order chi connectivity index (χ0) is 15.1. The van der Waals surface area contributed by atoms with E-state index in [0.29, 0.717) is 31.3 Å². The highest BCUT2D eigenvalue weighted by Crippen LogP contribution is 2.11. The van der Waals surface area contributed by atoms with E-state index in [0.717, 1.165) is 17.0 Å². The number of carboxylic acid groups (broad SMARTS) is 1. The number of carboxylic acids is 1. The van der Waals surface area contributed by atoms with E-state index >= 15 is 0 Å². The quantitative estimate of drug-likeness (QED) is 0.779. The topological polar surface area (TPSA) is 88.2 Å². The minimum absolute atomic E-state index is 0.0989. The lowest BCUT2D eigenvalue weighted by Crippen LogP contribution is -2.04. The van der Waals surface area contributed by atoms with E-state index < -0.39 is 5.97 Å². The van der Waals surface area contributed by atoms with Crippen molar-refractivity contribution in [2.75, 3.05) is 11.9 Å². The van der Waals surface area contributed by atoms with Crippen LogP contribution < -0.4 is 5.32 Å². The number of nitrogens with zero attached hydrogens (tertiary/aromatic N) is 2. The summed E-state index contributed by atoms with van der Waals surface area (Å²) in [5.74, 6) is -0.374. The Kier molecular flexibility index (Phi) is 5.57. The van der Waals surface area contributed by atoms with Gasteiger partial charge in [-0.15, -0.1) is 5.10 Å². The standard InChI is InChI=1S/C14H16ClN3O3/c15-11-6-4-10(5-7-11)8-9-16-14-18-17-12(21-14)2-1-3-13(19)20/h4-7H,1-3,8-9H2,(H,16,18)(H,19,20). The molecular formula is C14H16ClN3O3. The Balaban J connectivity index is 1.72. The second-order valence-electron chi connectivity index (χ2n) is 4.55. The molecule has 6 nitrogen and oxygen atoms in total. The van der Waals surface area contributed by atoms with Gasteiger partial charge in [-0.25, -0.2) is 0 Å². The summed E-state index contributed by atoms with van der Waals surface area (Å²) in [4.78, 5) is 10.4. The Hall–Kier alpha value is -2.08. The second kappa shape index (κ2) is 7.64. The number of halogens is 1. The lowest BCUT2D eigenvalue weighted by molar-refractivity contribution is -0.137. The molecule has 0 aliphatic carbocycles. The number of benzene rings is 1. The number of hydrogen-bond donors (Lipinski definition) is 2. The molecule has 0 atom stereocenters. The van der Waals surface area contributed by atoms with Crippen molar-refractivity contribution in [2.45, 2.75) is 25.7 Å². The molecule has 0 unspecified atom stereocenters. The number of nitrogens with one attached hydrogen (secondary N) is 1. The van der Waals surface area contributed by atoms with Crippen molar-refractivity contribution in [1.29, 1.82) is 0 Å². The van der Waals surface area contributed by atoms with Crippen molar-refractivity contribution in [3.8, 4) is 0 Å². The first-order valence-electron chi connectivity index (χ1n) is 6.66. The number of hydrogen-bond acceptors (Lipinski definition) is 5. The third-order valence-corrected chi connectivity index (χ3v) is 3.10. The maximum atomic E-state index is 10.4. The van der Waals surface area contributed by atoms with Crippen LogP contribution in [0.3, 0.4) is 0 Å². The Labute approximate surface area is 127 Å². The van der Waals surface area contributed by atoms with Gasteiger partial charge in [-0.3, -0.25) is 4.79 Å². The van der Waals surface area contributed by atoms with Crippen LogP contribution in [-0.4, -0.2) is 27.8 Å². The molecule has 2 N–H and O–H groups in total. The van der Waals surface area contributed by atoms with Crippen LogP contribution >= 0.6 is 11.6 Å². The summed E-state index contributed by atoms with van der Waals surface area (Å²) in [7, 11) is 0. The summed E-state index contributed by atoms with van der Waals surface area (Å²) >= 11 is 5.82. The minimum Gasteiger partial charge on any atom is -0.481 e. The van der Waals surface area contributed by atoms with Gasteiger partial charge < -0.3 is 14.8 Å². The normalized spacial score (nSPS) is 10.5. The van der Waals surface area contributed by atoms with Gasteiger partial charge in [-0.05, 0) is 30.5 Å². The van der Waals surface area contributed by atoms with Crippen LogP contribution in [-0.2, 0) is 17.6 Å². The van der Waals surface area contributed by atoms with Crippen LogP contribution in [0.25, 0.3) is 0 Å². The van der Waals surface area contributed by atoms with Crippen LogP contribution in [0, 0.1) is 0 Å². The highest BCUT2D eigenvalue weighted by molar-refractivity contribution is 6.30. The zero-order valence-electron chi connectivity index (χ0n) is 11.4. The monoisotopic (exact) mass is 309 g/mol. The van der Waals surface area contributed by atoms with Crippen molar-refractivity contribution in [1.82, 2.24) is 10.2 Å². The summed E-state index contributed by atoms with van der Waals surface area (Å²) in [6.45, 7) is 0.665. The fraction of sp³-hybridized carbons (Fsp3) is 0.357. The summed E-state index contributed by atoms with van der Waals surface area (Å²) in [6, 6.07) is 7.99. The molecule has 0 saturated carbocycles. The van der Waals surface area contributed by atoms with E-state index in [4.69, 9.17) is 21.1 Å². The smallest absolute Gasteiger partial charge is 0.315 e. The molecule has 1 aromatic carbocycles. The van der Waals surface area contributed by atoms with Gasteiger partial charge in [0.1, 0.15) is 0 Å². The van der Waals surface area contributed by atoms with Crippen molar-refractivity contribution < 1.29 is 14.3 Å². The molecule has 0 saturated heterocycles. The van der Waals surface area contributed by atoms with Crippen molar-refractivity contribution in [3.05, 3.63) is 40.7 Å². The highest BCUT2D eigenvalue weighted by Gasteiger charge is 2.06. The van der Waals surface area contributed by atoms with Crippen molar-refractivity contribution in [3.63, 3.8) is 0 Å². The Morgan fingerprint density at radius 3 is 2.71 bits per heavy atom. The molecule has 112 valence electrons. The van der Waals surface area contributed by atoms with Crippen LogP contribution in [0.4, 0.5) is 6.01 Å². The lowest BCUT2D eigenvalue weighted by atomic mass is 10.1. The van der Waals surface area contributed by atoms with E-state index in [-0.39, 0.29) is 6.42 Å². The third kappa shape index (κ3) is 5.43. The van der Waals surface area contributed by atoms with Gasteiger partial charge in [0.15, 0.2) is 0 Å². The molecular weight excluding hydrogens is 294 g/mol. The highest BCUT2D eigenvalue weighted by atomic mass is 35.5. The van der Waals surface area contributed by atoms with Gasteiger partial charge in [0, 0.05) is 24.4 Å². The van der Waals surface area contributed by atoms with E-state index in [9.17, 15) is 4.79 Å². The lowest BCUT2D eigenvalue weighted by Gasteiger charge is -2.02. The van der Waals surface area contributed by atoms with E-state index in [1.165, 1.54) is 0 Å². The van der Waals surface area contributed by atoms with Gasteiger partial charge in [0.25, 0.3) is 0 Å². The number of rotatable bonds is 8. The zero-order valence-corrected chi connectivity index (χ0v) is 12.1. The molecule has 2 aromatic rings. The molecule has 0 fully saturated rings. The predicted molar refractivity (Wildman–Crippen MR) is 78.5 cm³/mol. The van der Waals surface area contributed by atoms with E-state index in [2.05, 4.69) is 15.5 Å². The number of aryl methyl sites for hydroxylation is 1. The van der Waals surface area contributed by atoms with Gasteiger partial charge in [0.05, 0.1) is 0 Å². The fourth-order valence-electron chi connectivity index (χ4n) is 1.78. The van der Waals surface area contributed by atoms with Crippen LogP contribution in [0.5, 0.6) is 0 Å². The molecule has 0 bridgehead atoms. The third-order valence-electron chi connectivity index (χ3n) is 2.85. The molecule has 1 aromatic heterocycles. The number of anilines is 1. The Bertz CT molecular complexity index is 583. The molecule has 0 amide bonds. The molecule has 2 rings (SSSR count). The fourth-order valence-corrected chi connectivity index (χ4v) is 1.91. The van der Waals surface area contributed by atoms with Crippen LogP contribution in [0.1, 0.15) is 24.3 Å². The molecule has 0 aliphatic rings. The SMILES string of the molecule is O=C(O)CCCc1nnc(NCCc2ccc(Cl)cc2)o1. The average Bonchev–Trinajstić information content (AvgIpc) is 2.88. The first-order chi connectivity index (χ1) is 10.1. The van der Waals surface area contributed by atoms with Crippen LogP contribution in [0.15, 0.2) is 28.7 Å². The van der Waals surface area contributed by atoms with E-state index in [1.807, 2.05) is 24.3 Å². The maximum Gasteiger partial charge on any atom is 0.315 e. The molecule has 21 heavy (non-hydrogen) atoms. The summed E-state index contributed by atoms with van der Waals surface area (Å²) in [5, 5.41) is 20.0. The number of carbonyl (C=O) groups is 1. The molecule has 1 heterocycles. The summed E-state index contributed by atoms with van der Waals surface area (Å²) in [6.07, 6.45) is 1.87. The maximum absolute atomic E-state index is 10.4. The summed E-state index contributed by atoms with van der Waals surface area (Å²) in [5.41, 5.74) is 1.16. The molecule has 0 spiro atoms. The predicted octanol–water partition coefficient (Wildman–Crippen LogP) is 2.78. The van der Waals surface area contributed by atoms with Crippen LogP contribution in [0.2, 0.25) is 5.02 Å². The molecule has 7 heteroatoms. The van der Waals surface area contributed by atoms with Crippen molar-refractivity contribution >= 4 is 23.6 Å².